The van der Waals surface area contributed by atoms with Crippen LogP contribution in [0.15, 0.2) is 12.4 Å². The molecule has 1 aliphatic rings. The first-order valence-electron chi connectivity index (χ1n) is 5.05. The van der Waals surface area contributed by atoms with Crippen molar-refractivity contribution in [2.24, 2.45) is 0 Å². The van der Waals surface area contributed by atoms with Gasteiger partial charge >= 0.3 is 0 Å². The predicted molar refractivity (Wildman–Crippen MR) is 52.6 cm³/mol. The standard InChI is InChI=1S/C10H14FN3/c1-2-5-14(8-3-4-8)10-6-9(11)12-7-13-10/h6-8H,2-5H2,1H3. The van der Waals surface area contributed by atoms with Gasteiger partial charge in [0, 0.05) is 18.7 Å². The molecule has 1 fully saturated rings. The molecule has 3 nitrogen and oxygen atoms in total. The lowest BCUT2D eigenvalue weighted by atomic mass is 10.4. The molecule has 0 saturated heterocycles. The third kappa shape index (κ3) is 2.00. The van der Waals surface area contributed by atoms with Crippen LogP contribution in [-0.4, -0.2) is 22.6 Å². The molecule has 1 aliphatic carbocycles. The van der Waals surface area contributed by atoms with Gasteiger partial charge in [0.25, 0.3) is 0 Å². The Morgan fingerprint density at radius 3 is 2.86 bits per heavy atom. The van der Waals surface area contributed by atoms with Crippen molar-refractivity contribution in [3.63, 3.8) is 0 Å². The zero-order chi connectivity index (χ0) is 9.97. The Morgan fingerprint density at radius 2 is 2.29 bits per heavy atom. The van der Waals surface area contributed by atoms with E-state index < -0.39 is 5.95 Å². The molecule has 0 spiro atoms. The van der Waals surface area contributed by atoms with E-state index in [-0.39, 0.29) is 0 Å². The first-order chi connectivity index (χ1) is 6.81. The Kier molecular flexibility index (Phi) is 2.61. The summed E-state index contributed by atoms with van der Waals surface area (Å²) in [5.41, 5.74) is 0. The Labute approximate surface area is 83.0 Å². The van der Waals surface area contributed by atoms with Crippen LogP contribution in [0.3, 0.4) is 0 Å². The average Bonchev–Trinajstić information content (AvgIpc) is 2.97. The van der Waals surface area contributed by atoms with Gasteiger partial charge in [-0.2, -0.15) is 4.39 Å². The number of hydrogen-bond acceptors (Lipinski definition) is 3. The number of anilines is 1. The Bertz CT molecular complexity index is 312. The molecule has 0 aromatic carbocycles. The van der Waals surface area contributed by atoms with Crippen LogP contribution in [0.1, 0.15) is 26.2 Å². The summed E-state index contributed by atoms with van der Waals surface area (Å²) in [5.74, 6) is 0.276. The van der Waals surface area contributed by atoms with E-state index in [0.717, 1.165) is 18.8 Å². The summed E-state index contributed by atoms with van der Waals surface area (Å²) in [6.45, 7) is 3.06. The first kappa shape index (κ1) is 9.37. The molecule has 1 heterocycles. The van der Waals surface area contributed by atoms with Crippen molar-refractivity contribution in [1.82, 2.24) is 9.97 Å². The molecule has 0 radical (unpaired) electrons. The quantitative estimate of drug-likeness (QED) is 0.688. The molecule has 14 heavy (non-hydrogen) atoms. The van der Waals surface area contributed by atoms with Crippen molar-refractivity contribution in [3.8, 4) is 0 Å². The molecule has 0 amide bonds. The van der Waals surface area contributed by atoms with Crippen LogP contribution in [-0.2, 0) is 0 Å². The Morgan fingerprint density at radius 1 is 1.50 bits per heavy atom. The third-order valence-corrected chi connectivity index (χ3v) is 2.37. The molecule has 2 rings (SSSR count). The molecule has 0 bridgehead atoms. The van der Waals surface area contributed by atoms with Crippen LogP contribution in [0.2, 0.25) is 0 Å². The SMILES string of the molecule is CCCN(c1cc(F)ncn1)C1CC1. The van der Waals surface area contributed by atoms with Crippen LogP contribution in [0.5, 0.6) is 0 Å². The van der Waals surface area contributed by atoms with Crippen molar-refractivity contribution < 1.29 is 4.39 Å². The van der Waals surface area contributed by atoms with E-state index >= 15 is 0 Å². The predicted octanol–water partition coefficient (Wildman–Crippen LogP) is 1.99. The summed E-state index contributed by atoms with van der Waals surface area (Å²) in [6.07, 6.45) is 4.75. The highest BCUT2D eigenvalue weighted by molar-refractivity contribution is 5.40. The molecular weight excluding hydrogens is 181 g/mol. The fourth-order valence-corrected chi connectivity index (χ4v) is 1.59. The fourth-order valence-electron chi connectivity index (χ4n) is 1.59. The molecule has 0 atom stereocenters. The lowest BCUT2D eigenvalue weighted by Crippen LogP contribution is -2.27. The van der Waals surface area contributed by atoms with E-state index in [2.05, 4.69) is 21.8 Å². The molecule has 1 aromatic heterocycles. The van der Waals surface area contributed by atoms with Crippen molar-refractivity contribution in [2.75, 3.05) is 11.4 Å². The highest BCUT2D eigenvalue weighted by Crippen LogP contribution is 2.30. The maximum atomic E-state index is 12.9. The number of halogens is 1. The van der Waals surface area contributed by atoms with Gasteiger partial charge in [0.05, 0.1) is 0 Å². The normalized spacial score (nSPS) is 15.6. The smallest absolute Gasteiger partial charge is 0.218 e. The van der Waals surface area contributed by atoms with Crippen LogP contribution >= 0.6 is 0 Å². The van der Waals surface area contributed by atoms with E-state index in [4.69, 9.17) is 0 Å². The van der Waals surface area contributed by atoms with Crippen molar-refractivity contribution >= 4 is 5.82 Å². The van der Waals surface area contributed by atoms with Gasteiger partial charge in [-0.15, -0.1) is 0 Å². The van der Waals surface area contributed by atoms with E-state index in [1.165, 1.54) is 25.2 Å². The molecule has 0 aliphatic heterocycles. The van der Waals surface area contributed by atoms with Gasteiger partial charge in [0.1, 0.15) is 12.1 Å². The van der Waals surface area contributed by atoms with E-state index in [0.29, 0.717) is 6.04 Å². The maximum absolute atomic E-state index is 12.9. The second-order valence-corrected chi connectivity index (χ2v) is 3.62. The molecular formula is C10H14FN3. The molecule has 1 saturated carbocycles. The Balaban J connectivity index is 2.16. The lowest BCUT2D eigenvalue weighted by Gasteiger charge is -2.22. The average molecular weight is 195 g/mol. The van der Waals surface area contributed by atoms with Crippen molar-refractivity contribution in [3.05, 3.63) is 18.3 Å². The van der Waals surface area contributed by atoms with Gasteiger partial charge < -0.3 is 4.90 Å². The minimum Gasteiger partial charge on any atom is -0.353 e. The van der Waals surface area contributed by atoms with Gasteiger partial charge in [-0.05, 0) is 19.3 Å². The van der Waals surface area contributed by atoms with Crippen molar-refractivity contribution in [2.45, 2.75) is 32.2 Å². The maximum Gasteiger partial charge on any atom is 0.218 e. The second kappa shape index (κ2) is 3.90. The zero-order valence-electron chi connectivity index (χ0n) is 8.28. The monoisotopic (exact) mass is 195 g/mol. The molecule has 0 unspecified atom stereocenters. The number of rotatable bonds is 4. The molecule has 0 N–H and O–H groups in total. The van der Waals surface area contributed by atoms with E-state index in [1.807, 2.05) is 0 Å². The largest absolute Gasteiger partial charge is 0.353 e. The van der Waals surface area contributed by atoms with Crippen LogP contribution in [0.4, 0.5) is 10.2 Å². The fraction of sp³-hybridized carbons (Fsp3) is 0.600. The summed E-state index contributed by atoms with van der Waals surface area (Å²) < 4.78 is 12.9. The lowest BCUT2D eigenvalue weighted by molar-refractivity contribution is 0.577. The Hall–Kier alpha value is -1.19. The number of nitrogens with zero attached hydrogens (tertiary/aromatic N) is 3. The number of hydrogen-bond donors (Lipinski definition) is 0. The summed E-state index contributed by atoms with van der Waals surface area (Å²) >= 11 is 0. The summed E-state index contributed by atoms with van der Waals surface area (Å²) in [5, 5.41) is 0. The topological polar surface area (TPSA) is 29.0 Å². The van der Waals surface area contributed by atoms with Gasteiger partial charge in [0.2, 0.25) is 5.95 Å². The molecule has 1 aromatic rings. The van der Waals surface area contributed by atoms with Gasteiger partial charge in [-0.3, -0.25) is 0 Å². The minimum absolute atomic E-state index is 0.447. The van der Waals surface area contributed by atoms with Gasteiger partial charge in [-0.25, -0.2) is 9.97 Å². The van der Waals surface area contributed by atoms with Gasteiger partial charge in [-0.1, -0.05) is 6.92 Å². The highest BCUT2D eigenvalue weighted by atomic mass is 19.1. The first-order valence-corrected chi connectivity index (χ1v) is 5.05. The van der Waals surface area contributed by atoms with Gasteiger partial charge in [0.15, 0.2) is 0 Å². The summed E-state index contributed by atoms with van der Waals surface area (Å²) in [4.78, 5) is 9.72. The summed E-state index contributed by atoms with van der Waals surface area (Å²) in [6, 6.07) is 1.98. The van der Waals surface area contributed by atoms with E-state index in [9.17, 15) is 4.39 Å². The van der Waals surface area contributed by atoms with Crippen LogP contribution in [0.25, 0.3) is 0 Å². The zero-order valence-corrected chi connectivity index (χ0v) is 8.28. The van der Waals surface area contributed by atoms with E-state index in [1.54, 1.807) is 0 Å². The highest BCUT2D eigenvalue weighted by Gasteiger charge is 2.29. The van der Waals surface area contributed by atoms with Crippen LogP contribution < -0.4 is 4.90 Å². The third-order valence-electron chi connectivity index (χ3n) is 2.37. The number of aromatic nitrogens is 2. The molecule has 76 valence electrons. The molecule has 4 heteroatoms. The second-order valence-electron chi connectivity index (χ2n) is 3.62. The summed E-state index contributed by atoms with van der Waals surface area (Å²) in [7, 11) is 0. The van der Waals surface area contributed by atoms with Crippen LogP contribution in [0, 0.1) is 5.95 Å². The van der Waals surface area contributed by atoms with Crippen molar-refractivity contribution in [1.29, 1.82) is 0 Å². The minimum atomic E-state index is -0.447.